The number of β-amino-alcohol motifs (C(OH)–C–C–N with tert-alkyl or cyclic N) is 1. The van der Waals surface area contributed by atoms with Gasteiger partial charge in [-0.2, -0.15) is 0 Å². The number of aliphatic hydroxyl groups is 1. The zero-order valence-corrected chi connectivity index (χ0v) is 15.7. The smallest absolute Gasteiger partial charge is 0.205 e. The first-order valence-electron chi connectivity index (χ1n) is 8.47. The highest BCUT2D eigenvalue weighted by atomic mass is 35.5. The van der Waals surface area contributed by atoms with Crippen LogP contribution < -0.4 is 26.9 Å². The monoisotopic (exact) mass is 392 g/mol. The predicted octanol–water partition coefficient (Wildman–Crippen LogP) is 0.170. The van der Waals surface area contributed by atoms with Crippen molar-refractivity contribution in [3.63, 3.8) is 0 Å². The summed E-state index contributed by atoms with van der Waals surface area (Å²) >= 11 is 5.87. The minimum atomic E-state index is -0.631. The summed E-state index contributed by atoms with van der Waals surface area (Å²) in [6, 6.07) is 15.4. The van der Waals surface area contributed by atoms with E-state index in [1.165, 1.54) is 0 Å². The number of para-hydroxylation sites is 2. The zero-order valence-electron chi connectivity index (χ0n) is 14.2. The summed E-state index contributed by atoms with van der Waals surface area (Å²) in [5, 5.41) is 11.1. The number of guanidine groups is 1. The van der Waals surface area contributed by atoms with E-state index in [4.69, 9.17) is 16.3 Å². The van der Waals surface area contributed by atoms with Gasteiger partial charge >= 0.3 is 0 Å². The van der Waals surface area contributed by atoms with Crippen LogP contribution in [0.25, 0.3) is 0 Å². The Bertz CT molecular complexity index is 783. The van der Waals surface area contributed by atoms with Crippen LogP contribution in [0.3, 0.4) is 0 Å². The van der Waals surface area contributed by atoms with Gasteiger partial charge in [-0.05, 0) is 42.8 Å². The highest BCUT2D eigenvalue weighted by Crippen LogP contribution is 2.38. The maximum atomic E-state index is 10.5. The van der Waals surface area contributed by atoms with E-state index in [0.717, 1.165) is 36.8 Å². The van der Waals surface area contributed by atoms with Crippen molar-refractivity contribution in [2.24, 2.45) is 4.99 Å². The number of rotatable bonds is 5. The second-order valence-corrected chi connectivity index (χ2v) is 6.64. The number of hydrogen-bond donors (Lipinski definition) is 1. The Morgan fingerprint density at radius 1 is 1.12 bits per heavy atom. The van der Waals surface area contributed by atoms with Gasteiger partial charge < -0.3 is 32.1 Å². The van der Waals surface area contributed by atoms with Crippen LogP contribution in [0.1, 0.15) is 6.42 Å². The Balaban J connectivity index is 0.00000196. The molecular weight excluding hydrogens is 373 g/mol. The fourth-order valence-corrected chi connectivity index (χ4v) is 3.37. The van der Waals surface area contributed by atoms with Crippen LogP contribution >= 0.6 is 11.6 Å². The molecule has 2 heterocycles. The second kappa shape index (κ2) is 8.16. The van der Waals surface area contributed by atoms with Crippen LogP contribution in [-0.2, 0) is 0 Å². The van der Waals surface area contributed by atoms with Crippen LogP contribution in [0.5, 0.6) is 5.75 Å². The number of hydrogen-bond acceptors (Lipinski definition) is 5. The molecule has 0 amide bonds. The minimum absolute atomic E-state index is 0. The highest BCUT2D eigenvalue weighted by molar-refractivity contribution is 6.30. The van der Waals surface area contributed by atoms with E-state index in [2.05, 4.69) is 26.9 Å². The lowest BCUT2D eigenvalue weighted by Crippen LogP contribution is -3.00. The van der Waals surface area contributed by atoms with Crippen molar-refractivity contribution in [3.05, 3.63) is 53.6 Å². The molecular formula is C19H20Cl2N3O2-. The molecule has 0 saturated carbocycles. The van der Waals surface area contributed by atoms with Crippen molar-refractivity contribution in [2.75, 3.05) is 36.0 Å². The second-order valence-electron chi connectivity index (χ2n) is 6.20. The number of benzene rings is 2. The van der Waals surface area contributed by atoms with E-state index in [-0.39, 0.29) is 19.0 Å². The first-order valence-corrected chi connectivity index (χ1v) is 8.85. The average molecular weight is 393 g/mol. The molecule has 0 fully saturated rings. The average Bonchev–Trinajstić information content (AvgIpc) is 2.96. The molecule has 0 bridgehead atoms. The lowest BCUT2D eigenvalue weighted by molar-refractivity contribution is -0.00000668. The largest absolute Gasteiger partial charge is 1.00 e. The molecule has 1 unspecified atom stereocenters. The molecule has 1 atom stereocenters. The van der Waals surface area contributed by atoms with E-state index in [9.17, 15) is 5.11 Å². The Labute approximate surface area is 164 Å². The van der Waals surface area contributed by atoms with Crippen molar-refractivity contribution < 1.29 is 22.3 Å². The first-order chi connectivity index (χ1) is 12.2. The van der Waals surface area contributed by atoms with Gasteiger partial charge in [-0.1, -0.05) is 23.7 Å². The molecule has 4 rings (SSSR count). The van der Waals surface area contributed by atoms with Gasteiger partial charge in [0.05, 0.1) is 17.9 Å². The first kappa shape index (κ1) is 18.8. The third-order valence-electron chi connectivity index (χ3n) is 4.39. The number of halogens is 2. The maximum Gasteiger partial charge on any atom is 0.205 e. The fourth-order valence-electron chi connectivity index (χ4n) is 3.25. The maximum absolute atomic E-state index is 10.5. The molecule has 0 aromatic heterocycles. The quantitative estimate of drug-likeness (QED) is 0.787. The third-order valence-corrected chi connectivity index (χ3v) is 4.64. The van der Waals surface area contributed by atoms with Gasteiger partial charge in [-0.15, -0.1) is 0 Å². The van der Waals surface area contributed by atoms with Crippen LogP contribution in [-0.4, -0.2) is 43.4 Å². The lowest BCUT2D eigenvalue weighted by atomic mass is 10.2. The van der Waals surface area contributed by atoms with Crippen molar-refractivity contribution in [3.8, 4) is 5.75 Å². The van der Waals surface area contributed by atoms with E-state index in [0.29, 0.717) is 17.3 Å². The van der Waals surface area contributed by atoms with Crippen LogP contribution in [0.4, 0.5) is 11.4 Å². The number of anilines is 2. The van der Waals surface area contributed by atoms with Gasteiger partial charge in [0.1, 0.15) is 18.5 Å². The van der Waals surface area contributed by atoms with Crippen LogP contribution in [0.15, 0.2) is 53.5 Å². The Morgan fingerprint density at radius 3 is 2.62 bits per heavy atom. The molecule has 1 N–H and O–H groups in total. The van der Waals surface area contributed by atoms with Crippen molar-refractivity contribution in [2.45, 2.75) is 12.5 Å². The van der Waals surface area contributed by atoms with E-state index < -0.39 is 6.10 Å². The molecule has 0 radical (unpaired) electrons. The predicted molar refractivity (Wildman–Crippen MR) is 101 cm³/mol. The van der Waals surface area contributed by atoms with Gasteiger partial charge in [0.15, 0.2) is 0 Å². The van der Waals surface area contributed by atoms with E-state index in [1.54, 1.807) is 24.3 Å². The number of nitrogens with zero attached hydrogens (tertiary/aromatic N) is 3. The number of ether oxygens (including phenoxy) is 1. The molecule has 0 aliphatic carbocycles. The topological polar surface area (TPSA) is 48.3 Å². The summed E-state index contributed by atoms with van der Waals surface area (Å²) in [6.45, 7) is 2.45. The van der Waals surface area contributed by atoms with Gasteiger partial charge in [-0.3, -0.25) is 4.99 Å². The van der Waals surface area contributed by atoms with Crippen LogP contribution in [0, 0.1) is 0 Å². The standard InChI is InChI=1S/C19H20ClN3O2.ClH/c20-14-6-8-16(9-7-14)25-13-15(24)12-23-18-5-2-1-4-17(18)22-11-3-10-21-19(22)23;/h1-2,4-9,15,24H,3,10-13H2;1H/p-1. The molecule has 2 aliphatic rings. The molecule has 26 heavy (non-hydrogen) atoms. The lowest BCUT2D eigenvalue weighted by Gasteiger charge is -2.28. The Hall–Kier alpha value is -1.95. The third kappa shape index (κ3) is 3.75. The SMILES string of the molecule is OC(COc1ccc(Cl)cc1)CN1C2=NCCCN2c2ccccc21.[Cl-]. The van der Waals surface area contributed by atoms with Crippen LogP contribution in [0.2, 0.25) is 5.02 Å². The zero-order chi connectivity index (χ0) is 17.2. The molecule has 138 valence electrons. The highest BCUT2D eigenvalue weighted by Gasteiger charge is 2.34. The number of fused-ring (bicyclic) bond motifs is 3. The van der Waals surface area contributed by atoms with E-state index >= 15 is 0 Å². The molecule has 2 aliphatic heterocycles. The fraction of sp³-hybridized carbons (Fsp3) is 0.316. The molecule has 2 aromatic carbocycles. The molecule has 5 nitrogen and oxygen atoms in total. The van der Waals surface area contributed by atoms with Gasteiger partial charge in [-0.25, -0.2) is 0 Å². The van der Waals surface area contributed by atoms with Gasteiger partial charge in [0, 0.05) is 18.1 Å². The minimum Gasteiger partial charge on any atom is -1.00 e. The Morgan fingerprint density at radius 2 is 1.85 bits per heavy atom. The van der Waals surface area contributed by atoms with Gasteiger partial charge in [0.2, 0.25) is 5.96 Å². The molecule has 0 saturated heterocycles. The van der Waals surface area contributed by atoms with E-state index in [1.807, 2.05) is 12.1 Å². The van der Waals surface area contributed by atoms with Crippen molar-refractivity contribution in [1.29, 1.82) is 0 Å². The molecule has 2 aromatic rings. The number of aliphatic imine (C=N–C) groups is 1. The summed E-state index contributed by atoms with van der Waals surface area (Å²) in [5.41, 5.74) is 2.25. The summed E-state index contributed by atoms with van der Waals surface area (Å²) in [6.07, 6.45) is 0.418. The Kier molecular flexibility index (Phi) is 5.91. The normalized spacial score (nSPS) is 16.3. The number of aliphatic hydroxyl groups excluding tert-OH is 1. The molecule has 0 spiro atoms. The summed E-state index contributed by atoms with van der Waals surface area (Å²) in [4.78, 5) is 8.99. The van der Waals surface area contributed by atoms with Gasteiger partial charge in [0.25, 0.3) is 0 Å². The van der Waals surface area contributed by atoms with Crippen molar-refractivity contribution >= 4 is 28.9 Å². The summed E-state index contributed by atoms with van der Waals surface area (Å²) < 4.78 is 5.67. The summed E-state index contributed by atoms with van der Waals surface area (Å²) in [7, 11) is 0. The molecule has 7 heteroatoms. The summed E-state index contributed by atoms with van der Waals surface area (Å²) in [5.74, 6) is 1.62. The van der Waals surface area contributed by atoms with Crippen molar-refractivity contribution in [1.82, 2.24) is 0 Å².